The van der Waals surface area contributed by atoms with Crippen LogP contribution in [0.25, 0.3) is 0 Å². The average molecular weight is 306 g/mol. The Balaban J connectivity index is 3.51. The molecule has 0 aromatic rings. The molecule has 0 atom stereocenters. The molecule has 124 valence electrons. The summed E-state index contributed by atoms with van der Waals surface area (Å²) in [6.07, 6.45) is 14.4. The highest BCUT2D eigenvalue weighted by molar-refractivity contribution is 5.95. The number of allylic oxidation sites excluding steroid dienone is 2. The number of Topliss-reactive ketones (excluding diaryl/α,β-unsaturated/α-hetero) is 1. The number of hydrogen-bond donors (Lipinski definition) is 0. The second kappa shape index (κ2) is 15.8. The molecule has 0 aliphatic heterocycles. The Labute approximate surface area is 135 Å². The third-order valence-corrected chi connectivity index (χ3v) is 3.40. The molecule has 0 bridgehead atoms. The van der Waals surface area contributed by atoms with Crippen LogP contribution >= 0.6 is 0 Å². The maximum Gasteiger partial charge on any atom is 0.305 e. The predicted molar refractivity (Wildman–Crippen MR) is 90.4 cm³/mol. The summed E-state index contributed by atoms with van der Waals surface area (Å²) in [6.45, 7) is 2.20. The summed E-state index contributed by atoms with van der Waals surface area (Å²) in [4.78, 5) is 22.4. The van der Waals surface area contributed by atoms with E-state index in [0.29, 0.717) is 12.8 Å². The summed E-state index contributed by atoms with van der Waals surface area (Å²) in [6, 6.07) is 0. The molecule has 0 unspecified atom stereocenters. The third kappa shape index (κ3) is 14.8. The minimum atomic E-state index is -0.163. The topological polar surface area (TPSA) is 43.4 Å². The maximum atomic E-state index is 11.5. The summed E-state index contributed by atoms with van der Waals surface area (Å²) in [5.74, 6) is 5.30. The molecular weight excluding hydrogens is 276 g/mol. The van der Waals surface area contributed by atoms with Gasteiger partial charge in [-0.1, -0.05) is 51.0 Å². The first-order chi connectivity index (χ1) is 10.7. The van der Waals surface area contributed by atoms with Crippen LogP contribution in [0.1, 0.15) is 77.6 Å². The van der Waals surface area contributed by atoms with Gasteiger partial charge in [0.25, 0.3) is 0 Å². The third-order valence-electron chi connectivity index (χ3n) is 3.40. The van der Waals surface area contributed by atoms with Crippen molar-refractivity contribution >= 4 is 11.8 Å². The highest BCUT2D eigenvalue weighted by atomic mass is 16.5. The van der Waals surface area contributed by atoms with Crippen LogP contribution in [-0.4, -0.2) is 18.9 Å². The number of esters is 1. The largest absolute Gasteiger partial charge is 0.469 e. The van der Waals surface area contributed by atoms with Crippen molar-refractivity contribution in [3.8, 4) is 11.8 Å². The normalized spacial score (nSPS) is 10.3. The zero-order valence-electron chi connectivity index (χ0n) is 14.2. The van der Waals surface area contributed by atoms with E-state index in [0.717, 1.165) is 32.1 Å². The van der Waals surface area contributed by atoms with Crippen molar-refractivity contribution in [2.24, 2.45) is 0 Å². The van der Waals surface area contributed by atoms with Crippen LogP contribution in [0.4, 0.5) is 0 Å². The molecule has 0 aliphatic carbocycles. The van der Waals surface area contributed by atoms with E-state index in [-0.39, 0.29) is 11.8 Å². The summed E-state index contributed by atoms with van der Waals surface area (Å²) in [7, 11) is 1.40. The fourth-order valence-electron chi connectivity index (χ4n) is 2.03. The van der Waals surface area contributed by atoms with E-state index in [1.165, 1.54) is 32.8 Å². The first-order valence-corrected chi connectivity index (χ1v) is 8.47. The van der Waals surface area contributed by atoms with E-state index in [9.17, 15) is 9.59 Å². The lowest BCUT2D eigenvalue weighted by atomic mass is 10.1. The van der Waals surface area contributed by atoms with Crippen LogP contribution in [0, 0.1) is 11.8 Å². The Kier molecular flexibility index (Phi) is 14.7. The lowest BCUT2D eigenvalue weighted by molar-refractivity contribution is -0.140. The molecule has 0 aromatic heterocycles. The molecule has 0 amide bonds. The smallest absolute Gasteiger partial charge is 0.305 e. The Morgan fingerprint density at radius 1 is 0.955 bits per heavy atom. The summed E-state index contributed by atoms with van der Waals surface area (Å²) >= 11 is 0. The fraction of sp³-hybridized carbons (Fsp3) is 0.684. The van der Waals surface area contributed by atoms with Gasteiger partial charge in [-0.15, -0.1) is 0 Å². The van der Waals surface area contributed by atoms with Gasteiger partial charge in [-0.05, 0) is 37.7 Å². The van der Waals surface area contributed by atoms with E-state index in [2.05, 4.69) is 23.5 Å². The summed E-state index contributed by atoms with van der Waals surface area (Å²) < 4.78 is 4.57. The highest BCUT2D eigenvalue weighted by Crippen LogP contribution is 2.06. The molecule has 0 saturated carbocycles. The van der Waals surface area contributed by atoms with E-state index in [1.807, 2.05) is 6.08 Å². The van der Waals surface area contributed by atoms with Crippen LogP contribution in [0.2, 0.25) is 0 Å². The number of carbonyl (C=O) groups excluding carboxylic acids is 2. The van der Waals surface area contributed by atoms with Gasteiger partial charge in [0.05, 0.1) is 7.11 Å². The van der Waals surface area contributed by atoms with Crippen LogP contribution < -0.4 is 0 Å². The van der Waals surface area contributed by atoms with Crippen LogP contribution in [-0.2, 0) is 14.3 Å². The number of hydrogen-bond acceptors (Lipinski definition) is 3. The highest BCUT2D eigenvalue weighted by Gasteiger charge is 2.00. The maximum absolute atomic E-state index is 11.5. The van der Waals surface area contributed by atoms with Crippen molar-refractivity contribution in [1.82, 2.24) is 0 Å². The number of methoxy groups -OCH3 is 1. The van der Waals surface area contributed by atoms with Crippen LogP contribution in [0.3, 0.4) is 0 Å². The van der Waals surface area contributed by atoms with E-state index < -0.39 is 0 Å². The standard InChI is InChI=1S/C19H30O3/c1-3-4-5-6-7-8-9-12-15-18(20)16-13-10-11-14-17-19(21)22-2/h8-9H,3-7,10-11,13-14,16-17H2,1-2H3/b9-8+. The molecule has 22 heavy (non-hydrogen) atoms. The van der Waals surface area contributed by atoms with Gasteiger partial charge in [0.15, 0.2) is 0 Å². The molecule has 3 nitrogen and oxygen atoms in total. The summed E-state index contributed by atoms with van der Waals surface area (Å²) in [5.41, 5.74) is 0. The van der Waals surface area contributed by atoms with Crippen LogP contribution in [0.5, 0.6) is 0 Å². The van der Waals surface area contributed by atoms with E-state index in [1.54, 1.807) is 6.08 Å². The Bertz CT molecular complexity index is 385. The number of unbranched alkanes of at least 4 members (excludes halogenated alkanes) is 7. The zero-order valence-corrected chi connectivity index (χ0v) is 14.2. The van der Waals surface area contributed by atoms with Gasteiger partial charge in [-0.25, -0.2) is 0 Å². The number of ether oxygens (including phenoxy) is 1. The lowest BCUT2D eigenvalue weighted by Gasteiger charge is -1.99. The molecule has 0 aliphatic rings. The molecule has 0 rings (SSSR count). The first kappa shape index (κ1) is 20.4. The number of carbonyl (C=O) groups is 2. The van der Waals surface area contributed by atoms with Gasteiger partial charge < -0.3 is 4.74 Å². The summed E-state index contributed by atoms with van der Waals surface area (Å²) in [5, 5.41) is 0. The first-order valence-electron chi connectivity index (χ1n) is 8.47. The van der Waals surface area contributed by atoms with Crippen LogP contribution in [0.15, 0.2) is 12.2 Å². The lowest BCUT2D eigenvalue weighted by Crippen LogP contribution is -1.99. The van der Waals surface area contributed by atoms with Crippen molar-refractivity contribution in [1.29, 1.82) is 0 Å². The molecule has 0 aromatic carbocycles. The fourth-order valence-corrected chi connectivity index (χ4v) is 2.03. The quantitative estimate of drug-likeness (QED) is 0.229. The van der Waals surface area contributed by atoms with Crippen molar-refractivity contribution in [3.63, 3.8) is 0 Å². The van der Waals surface area contributed by atoms with Crippen molar-refractivity contribution in [2.75, 3.05) is 7.11 Å². The Hall–Kier alpha value is -1.56. The molecular formula is C19H30O3. The number of rotatable bonds is 12. The molecule has 3 heteroatoms. The van der Waals surface area contributed by atoms with Crippen molar-refractivity contribution in [3.05, 3.63) is 12.2 Å². The second-order valence-electron chi connectivity index (χ2n) is 5.43. The minimum Gasteiger partial charge on any atom is -0.469 e. The van der Waals surface area contributed by atoms with Gasteiger partial charge in [-0.3, -0.25) is 9.59 Å². The molecule has 0 N–H and O–H groups in total. The zero-order chi connectivity index (χ0) is 16.5. The van der Waals surface area contributed by atoms with Gasteiger partial charge in [0, 0.05) is 12.8 Å². The average Bonchev–Trinajstić information content (AvgIpc) is 2.52. The molecule has 0 radical (unpaired) electrons. The van der Waals surface area contributed by atoms with E-state index >= 15 is 0 Å². The van der Waals surface area contributed by atoms with Crippen molar-refractivity contribution in [2.45, 2.75) is 77.6 Å². The molecule has 0 saturated heterocycles. The van der Waals surface area contributed by atoms with Gasteiger partial charge in [0.2, 0.25) is 5.78 Å². The molecule has 0 spiro atoms. The van der Waals surface area contributed by atoms with Gasteiger partial charge in [-0.2, -0.15) is 0 Å². The predicted octanol–water partition coefficient (Wildman–Crippen LogP) is 4.60. The Morgan fingerprint density at radius 3 is 2.32 bits per heavy atom. The van der Waals surface area contributed by atoms with E-state index in [4.69, 9.17) is 0 Å². The second-order valence-corrected chi connectivity index (χ2v) is 5.43. The minimum absolute atomic E-state index is 0.00333. The number of ketones is 1. The van der Waals surface area contributed by atoms with Gasteiger partial charge in [0.1, 0.15) is 0 Å². The van der Waals surface area contributed by atoms with Gasteiger partial charge >= 0.3 is 5.97 Å². The van der Waals surface area contributed by atoms with Crippen molar-refractivity contribution < 1.29 is 14.3 Å². The monoisotopic (exact) mass is 306 g/mol. The molecule has 0 heterocycles. The molecule has 0 fully saturated rings. The SMILES string of the molecule is CCCCCC/C=C/C#CC(=O)CCCCCCC(=O)OC. The Morgan fingerprint density at radius 2 is 1.64 bits per heavy atom.